The fourth-order valence-corrected chi connectivity index (χ4v) is 5.76. The summed E-state index contributed by atoms with van der Waals surface area (Å²) in [6.45, 7) is 2.55. The number of nitrogens with zero attached hydrogens (tertiary/aromatic N) is 3. The molecule has 3 unspecified atom stereocenters. The molecule has 2 amide bonds. The molecule has 3 aromatic carbocycles. The highest BCUT2D eigenvalue weighted by atomic mass is 79.9. The van der Waals surface area contributed by atoms with Crippen LogP contribution in [0.3, 0.4) is 0 Å². The number of nitrogens with one attached hydrogen (secondary N) is 1. The van der Waals surface area contributed by atoms with Gasteiger partial charge in [0.05, 0.1) is 29.8 Å². The number of hydrazone groups is 1. The highest BCUT2D eigenvalue weighted by molar-refractivity contribution is 9.10. The largest absolute Gasteiger partial charge is 0.348 e. The Morgan fingerprint density at radius 1 is 1.08 bits per heavy atom. The molecule has 0 spiro atoms. The summed E-state index contributed by atoms with van der Waals surface area (Å²) in [5.74, 6) is -0.640. The minimum absolute atomic E-state index is 0.00139. The lowest BCUT2D eigenvalue weighted by Gasteiger charge is -2.33. The Hall–Kier alpha value is -3.56. The lowest BCUT2D eigenvalue weighted by molar-refractivity contribution is -0.128. The van der Waals surface area contributed by atoms with Gasteiger partial charge in [-0.3, -0.25) is 14.6 Å². The van der Waals surface area contributed by atoms with Gasteiger partial charge < -0.3 is 15.0 Å². The van der Waals surface area contributed by atoms with Crippen LogP contribution in [0.4, 0.5) is 15.8 Å². The van der Waals surface area contributed by atoms with Gasteiger partial charge in [0.25, 0.3) is 5.91 Å². The van der Waals surface area contributed by atoms with E-state index in [9.17, 15) is 14.0 Å². The molecule has 0 radical (unpaired) electrons. The Labute approximate surface area is 228 Å². The van der Waals surface area contributed by atoms with Gasteiger partial charge >= 0.3 is 0 Å². The molecule has 1 N–H and O–H groups in total. The van der Waals surface area contributed by atoms with Crippen LogP contribution in [0.15, 0.2) is 76.3 Å². The number of benzene rings is 3. The van der Waals surface area contributed by atoms with E-state index in [-0.39, 0.29) is 36.2 Å². The van der Waals surface area contributed by atoms with Crippen molar-refractivity contribution in [3.05, 3.63) is 93.7 Å². The highest BCUT2D eigenvalue weighted by Crippen LogP contribution is 2.37. The second-order valence-electron chi connectivity index (χ2n) is 9.83. The molecule has 3 atom stereocenters. The Balaban J connectivity index is 1.29. The van der Waals surface area contributed by atoms with Gasteiger partial charge in [0.2, 0.25) is 5.91 Å². The van der Waals surface area contributed by atoms with E-state index in [4.69, 9.17) is 9.84 Å². The average Bonchev–Trinajstić information content (AvgIpc) is 3.57. The molecule has 3 aromatic rings. The summed E-state index contributed by atoms with van der Waals surface area (Å²) in [5, 5.41) is 9.78. The van der Waals surface area contributed by atoms with E-state index in [0.29, 0.717) is 19.4 Å². The van der Waals surface area contributed by atoms with Crippen LogP contribution in [-0.2, 0) is 27.2 Å². The second kappa shape index (κ2) is 9.96. The molecule has 0 aromatic heterocycles. The lowest BCUT2D eigenvalue weighted by atomic mass is 9.89. The molecule has 6 rings (SSSR count). The number of rotatable bonds is 6. The van der Waals surface area contributed by atoms with E-state index in [0.717, 1.165) is 38.2 Å². The minimum Gasteiger partial charge on any atom is -0.348 e. The van der Waals surface area contributed by atoms with Gasteiger partial charge in [0, 0.05) is 16.7 Å². The number of hydrogen-bond acceptors (Lipinski definition) is 5. The third kappa shape index (κ3) is 4.61. The normalized spacial score (nSPS) is 22.6. The smallest absolute Gasteiger partial charge is 0.250 e. The quantitative estimate of drug-likeness (QED) is 0.460. The van der Waals surface area contributed by atoms with Gasteiger partial charge in [0.15, 0.2) is 0 Å². The van der Waals surface area contributed by atoms with E-state index >= 15 is 0 Å². The van der Waals surface area contributed by atoms with E-state index in [1.54, 1.807) is 17.0 Å². The number of amides is 2. The van der Waals surface area contributed by atoms with Crippen molar-refractivity contribution < 1.29 is 18.7 Å². The predicted octanol–water partition coefficient (Wildman–Crippen LogP) is 4.74. The fraction of sp³-hybridized carbons (Fsp3) is 0.276. The summed E-state index contributed by atoms with van der Waals surface area (Å²) in [6, 6.07) is 20.0. The first-order valence-corrected chi connectivity index (χ1v) is 13.4. The molecular formula is C29H26BrFN4O3. The number of ether oxygens (including phenoxy) is 1. The molecule has 3 heterocycles. The first-order valence-electron chi connectivity index (χ1n) is 12.6. The molecular weight excluding hydrogens is 551 g/mol. The van der Waals surface area contributed by atoms with Crippen molar-refractivity contribution >= 4 is 44.8 Å². The molecule has 38 heavy (non-hydrogen) atoms. The molecule has 0 aliphatic carbocycles. The molecule has 0 bridgehead atoms. The third-order valence-corrected chi connectivity index (χ3v) is 7.94. The molecule has 194 valence electrons. The van der Waals surface area contributed by atoms with Crippen LogP contribution in [0.1, 0.15) is 23.6 Å². The summed E-state index contributed by atoms with van der Waals surface area (Å²) in [4.78, 5) is 26.5. The number of carbonyl (C=O) groups excluding carboxylic acids is 2. The summed E-state index contributed by atoms with van der Waals surface area (Å²) in [6.07, 6.45) is 0.494. The van der Waals surface area contributed by atoms with Gasteiger partial charge in [-0.2, -0.15) is 5.10 Å². The lowest BCUT2D eigenvalue weighted by Crippen LogP contribution is -2.47. The molecule has 0 saturated carbocycles. The maximum Gasteiger partial charge on any atom is 0.250 e. The SMILES string of the molecule is CC1C(C2OCC(=O)N2CCc2ccc3c(c2)CC(=O)N3)C(c2ccc(F)cc2)=NN1c1ccc(Br)cc1. The average molecular weight is 577 g/mol. The fourth-order valence-electron chi connectivity index (χ4n) is 5.49. The highest BCUT2D eigenvalue weighted by Gasteiger charge is 2.47. The summed E-state index contributed by atoms with van der Waals surface area (Å²) < 4.78 is 20.8. The van der Waals surface area contributed by atoms with Crippen molar-refractivity contribution in [2.45, 2.75) is 32.0 Å². The molecule has 9 heteroatoms. The minimum atomic E-state index is -0.514. The second-order valence-corrected chi connectivity index (χ2v) is 10.8. The maximum atomic E-state index is 13.8. The van der Waals surface area contributed by atoms with E-state index in [2.05, 4.69) is 28.2 Å². The predicted molar refractivity (Wildman–Crippen MR) is 146 cm³/mol. The number of halogens is 2. The van der Waals surface area contributed by atoms with Crippen molar-refractivity contribution in [2.24, 2.45) is 11.0 Å². The van der Waals surface area contributed by atoms with Crippen molar-refractivity contribution in [3.63, 3.8) is 0 Å². The van der Waals surface area contributed by atoms with Crippen LogP contribution in [0.25, 0.3) is 0 Å². The Kier molecular flexibility index (Phi) is 6.49. The van der Waals surface area contributed by atoms with Crippen LogP contribution >= 0.6 is 15.9 Å². The van der Waals surface area contributed by atoms with Crippen LogP contribution in [-0.4, -0.2) is 47.8 Å². The van der Waals surface area contributed by atoms with Crippen molar-refractivity contribution in [1.29, 1.82) is 0 Å². The Morgan fingerprint density at radius 3 is 2.61 bits per heavy atom. The van der Waals surface area contributed by atoms with Crippen molar-refractivity contribution in [3.8, 4) is 0 Å². The molecule has 7 nitrogen and oxygen atoms in total. The van der Waals surface area contributed by atoms with Crippen LogP contribution < -0.4 is 10.3 Å². The van der Waals surface area contributed by atoms with Crippen LogP contribution in [0.5, 0.6) is 0 Å². The zero-order valence-electron chi connectivity index (χ0n) is 20.7. The van der Waals surface area contributed by atoms with E-state index in [1.165, 1.54) is 12.1 Å². The van der Waals surface area contributed by atoms with Gasteiger partial charge in [-0.25, -0.2) is 4.39 Å². The Bertz CT molecular complexity index is 1430. The molecule has 1 saturated heterocycles. The number of hydrogen-bond donors (Lipinski definition) is 1. The van der Waals surface area contributed by atoms with Gasteiger partial charge in [-0.05, 0) is 72.5 Å². The first-order chi connectivity index (χ1) is 18.4. The molecule has 3 aliphatic heterocycles. The topological polar surface area (TPSA) is 74.2 Å². The number of anilines is 2. The van der Waals surface area contributed by atoms with Crippen molar-refractivity contribution in [1.82, 2.24) is 4.90 Å². The monoisotopic (exact) mass is 576 g/mol. The van der Waals surface area contributed by atoms with E-state index < -0.39 is 6.23 Å². The third-order valence-electron chi connectivity index (χ3n) is 7.42. The molecule has 3 aliphatic rings. The van der Waals surface area contributed by atoms with Gasteiger partial charge in [0.1, 0.15) is 18.7 Å². The maximum absolute atomic E-state index is 13.8. The summed E-state index contributed by atoms with van der Waals surface area (Å²) in [5.41, 5.74) is 5.36. The van der Waals surface area contributed by atoms with Gasteiger partial charge in [-0.15, -0.1) is 0 Å². The standard InChI is InChI=1S/C29H26BrFN4O3/c1-17-27(28(19-3-7-22(31)8-4-19)33-35(17)23-9-5-21(30)6-10-23)29-34(26(37)16-38-29)13-12-18-2-11-24-20(14-18)15-25(36)32-24/h2-11,14,17,27,29H,12-13,15-16H2,1H3,(H,32,36). The number of carbonyl (C=O) groups is 2. The zero-order chi connectivity index (χ0) is 26.4. The summed E-state index contributed by atoms with van der Waals surface area (Å²) in [7, 11) is 0. The first kappa shape index (κ1) is 24.8. The molecule has 1 fully saturated rings. The van der Waals surface area contributed by atoms with Crippen LogP contribution in [0.2, 0.25) is 0 Å². The number of fused-ring (bicyclic) bond motifs is 1. The van der Waals surface area contributed by atoms with Crippen molar-refractivity contribution in [2.75, 3.05) is 23.5 Å². The van der Waals surface area contributed by atoms with Gasteiger partial charge in [-0.1, -0.05) is 40.2 Å². The van der Waals surface area contributed by atoms with E-state index in [1.807, 2.05) is 47.5 Å². The Morgan fingerprint density at radius 2 is 1.84 bits per heavy atom. The van der Waals surface area contributed by atoms with Crippen LogP contribution in [0, 0.1) is 11.7 Å². The summed E-state index contributed by atoms with van der Waals surface area (Å²) >= 11 is 3.49. The zero-order valence-corrected chi connectivity index (χ0v) is 22.3.